The lowest BCUT2D eigenvalue weighted by atomic mass is 10.0. The predicted molar refractivity (Wildman–Crippen MR) is 108 cm³/mol. The van der Waals surface area contributed by atoms with E-state index >= 15 is 0 Å². The third kappa shape index (κ3) is 4.23. The van der Waals surface area contributed by atoms with Gasteiger partial charge in [-0.25, -0.2) is 12.8 Å². The Morgan fingerprint density at radius 2 is 1.93 bits per heavy atom. The van der Waals surface area contributed by atoms with Crippen LogP contribution in [0.5, 0.6) is 0 Å². The average Bonchev–Trinajstić information content (AvgIpc) is 2.65. The molecule has 1 aromatic heterocycles. The zero-order valence-corrected chi connectivity index (χ0v) is 16.7. The zero-order chi connectivity index (χ0) is 20.5. The molecule has 1 heterocycles. The van der Waals surface area contributed by atoms with E-state index in [9.17, 15) is 17.6 Å². The highest BCUT2D eigenvalue weighted by Gasteiger charge is 2.12. The van der Waals surface area contributed by atoms with Crippen molar-refractivity contribution < 1.29 is 12.8 Å². The summed E-state index contributed by atoms with van der Waals surface area (Å²) in [6.07, 6.45) is 0. The van der Waals surface area contributed by atoms with Crippen molar-refractivity contribution in [3.63, 3.8) is 0 Å². The summed E-state index contributed by atoms with van der Waals surface area (Å²) in [6, 6.07) is 12.0. The first-order chi connectivity index (χ1) is 13.2. The van der Waals surface area contributed by atoms with E-state index in [0.717, 1.165) is 4.68 Å². The first kappa shape index (κ1) is 20.0. The predicted octanol–water partition coefficient (Wildman–Crippen LogP) is 3.76. The molecule has 0 bridgehead atoms. The minimum atomic E-state index is -3.41. The largest absolute Gasteiger partial charge is 0.284 e. The molecule has 146 valence electrons. The Morgan fingerprint density at radius 1 is 1.18 bits per heavy atom. The highest BCUT2D eigenvalue weighted by molar-refractivity contribution is 7.92. The van der Waals surface area contributed by atoms with Crippen molar-refractivity contribution in [3.05, 3.63) is 75.4 Å². The van der Waals surface area contributed by atoms with Crippen LogP contribution < -0.4 is 10.3 Å². The van der Waals surface area contributed by atoms with Gasteiger partial charge >= 0.3 is 0 Å². The highest BCUT2D eigenvalue weighted by Crippen LogP contribution is 2.25. The normalized spacial score (nSPS) is 11.4. The Balaban J connectivity index is 2.04. The summed E-state index contributed by atoms with van der Waals surface area (Å²) in [4.78, 5) is 12.6. The molecule has 3 aromatic rings. The van der Waals surface area contributed by atoms with Gasteiger partial charge in [0.25, 0.3) is 5.56 Å². The summed E-state index contributed by atoms with van der Waals surface area (Å²) in [5.41, 5.74) is 2.05. The number of aromatic nitrogens is 2. The molecule has 1 N–H and O–H groups in total. The number of rotatable bonds is 5. The van der Waals surface area contributed by atoms with Gasteiger partial charge in [-0.15, -0.1) is 0 Å². The van der Waals surface area contributed by atoms with Crippen molar-refractivity contribution in [2.75, 3.05) is 10.5 Å². The first-order valence-corrected chi connectivity index (χ1v) is 10.4. The van der Waals surface area contributed by atoms with Crippen LogP contribution in [0.1, 0.15) is 12.6 Å². The third-order valence-electron chi connectivity index (χ3n) is 4.09. The second kappa shape index (κ2) is 7.73. The van der Waals surface area contributed by atoms with E-state index in [-0.39, 0.29) is 10.8 Å². The molecule has 28 heavy (non-hydrogen) atoms. The molecule has 0 radical (unpaired) electrons. The Kier molecular flexibility index (Phi) is 5.53. The Hall–Kier alpha value is -2.71. The molecule has 0 fully saturated rings. The number of sulfonamides is 1. The average molecular weight is 422 g/mol. The number of hydrogen-bond donors (Lipinski definition) is 1. The molecule has 9 heteroatoms. The van der Waals surface area contributed by atoms with Gasteiger partial charge < -0.3 is 0 Å². The summed E-state index contributed by atoms with van der Waals surface area (Å²) in [5.74, 6) is -0.633. The summed E-state index contributed by atoms with van der Waals surface area (Å²) in [6.45, 7) is 3.26. The molecule has 6 nitrogen and oxygen atoms in total. The van der Waals surface area contributed by atoms with E-state index in [4.69, 9.17) is 11.6 Å². The lowest BCUT2D eigenvalue weighted by Crippen LogP contribution is -2.21. The summed E-state index contributed by atoms with van der Waals surface area (Å²) >= 11 is 5.79. The number of aryl methyl sites for hydroxylation is 1. The monoisotopic (exact) mass is 421 g/mol. The van der Waals surface area contributed by atoms with Crippen LogP contribution in [0.3, 0.4) is 0 Å². The highest BCUT2D eigenvalue weighted by atomic mass is 35.5. The summed E-state index contributed by atoms with van der Waals surface area (Å²) < 4.78 is 40.5. The second-order valence-corrected chi connectivity index (χ2v) is 8.50. The van der Waals surface area contributed by atoms with E-state index in [1.54, 1.807) is 38.1 Å². The van der Waals surface area contributed by atoms with Gasteiger partial charge in [0.05, 0.1) is 22.2 Å². The molecule has 0 atom stereocenters. The van der Waals surface area contributed by atoms with E-state index in [1.165, 1.54) is 24.3 Å². The van der Waals surface area contributed by atoms with Crippen molar-refractivity contribution >= 4 is 27.3 Å². The molecule has 0 saturated carbocycles. The fourth-order valence-corrected chi connectivity index (χ4v) is 3.44. The van der Waals surface area contributed by atoms with Crippen LogP contribution in [-0.2, 0) is 10.0 Å². The van der Waals surface area contributed by atoms with E-state index in [2.05, 4.69) is 9.82 Å². The molecular weight excluding hydrogens is 405 g/mol. The number of halogens is 2. The minimum absolute atomic E-state index is 0.0475. The fourth-order valence-electron chi connectivity index (χ4n) is 2.64. The van der Waals surface area contributed by atoms with Crippen LogP contribution in [0.15, 0.2) is 53.3 Å². The topological polar surface area (TPSA) is 81.1 Å². The van der Waals surface area contributed by atoms with E-state index in [0.29, 0.717) is 28.2 Å². The van der Waals surface area contributed by atoms with E-state index in [1.807, 2.05) is 0 Å². The van der Waals surface area contributed by atoms with Crippen molar-refractivity contribution in [1.82, 2.24) is 9.78 Å². The van der Waals surface area contributed by atoms with Crippen LogP contribution in [0.25, 0.3) is 16.8 Å². The number of nitrogens with one attached hydrogen (secondary N) is 1. The number of benzene rings is 2. The first-order valence-electron chi connectivity index (χ1n) is 8.37. The molecule has 2 aromatic carbocycles. The molecule has 0 aliphatic carbocycles. The van der Waals surface area contributed by atoms with Gasteiger partial charge in [0.1, 0.15) is 5.82 Å². The van der Waals surface area contributed by atoms with Crippen LogP contribution in [0.2, 0.25) is 5.02 Å². The molecule has 0 spiro atoms. The van der Waals surface area contributed by atoms with E-state index < -0.39 is 21.4 Å². The van der Waals surface area contributed by atoms with Gasteiger partial charge in [-0.1, -0.05) is 23.7 Å². The quantitative estimate of drug-likeness (QED) is 0.680. The van der Waals surface area contributed by atoms with Crippen molar-refractivity contribution in [2.45, 2.75) is 13.8 Å². The van der Waals surface area contributed by atoms with Gasteiger partial charge in [-0.3, -0.25) is 9.52 Å². The molecule has 0 aliphatic heterocycles. The lowest BCUT2D eigenvalue weighted by Gasteiger charge is -2.12. The van der Waals surface area contributed by atoms with Crippen molar-refractivity contribution in [2.24, 2.45) is 0 Å². The van der Waals surface area contributed by atoms with Gasteiger partial charge in [0.2, 0.25) is 10.0 Å². The molecule has 0 amide bonds. The van der Waals surface area contributed by atoms with Crippen molar-refractivity contribution in [3.8, 4) is 16.8 Å². The Labute approximate surface area is 166 Å². The van der Waals surface area contributed by atoms with Crippen LogP contribution in [0, 0.1) is 12.7 Å². The summed E-state index contributed by atoms with van der Waals surface area (Å²) in [5, 5.41) is 4.19. The second-order valence-electron chi connectivity index (χ2n) is 6.08. The maximum absolute atomic E-state index is 13.4. The number of nitrogens with zero attached hydrogens (tertiary/aromatic N) is 2. The third-order valence-corrected chi connectivity index (χ3v) is 5.69. The van der Waals surface area contributed by atoms with Crippen LogP contribution >= 0.6 is 11.6 Å². The number of anilines is 1. The standard InChI is InChI=1S/C19H17ClFN3O3S/c1-3-28(26,27)23-14-6-4-5-13(9-14)16-11-19(25)24(22-12(16)2)15-7-8-18(21)17(20)10-15/h4-11,23H,3H2,1-2H3. The molecule has 3 rings (SSSR count). The minimum Gasteiger partial charge on any atom is -0.284 e. The Bertz CT molecular complexity index is 1210. The van der Waals surface area contributed by atoms with Crippen LogP contribution in [-0.4, -0.2) is 24.0 Å². The lowest BCUT2D eigenvalue weighted by molar-refractivity contribution is 0.602. The van der Waals surface area contributed by atoms with Gasteiger partial charge in [-0.05, 0) is 49.7 Å². The van der Waals surface area contributed by atoms with Crippen molar-refractivity contribution in [1.29, 1.82) is 0 Å². The molecular formula is C19H17ClFN3O3S. The van der Waals surface area contributed by atoms with Gasteiger partial charge in [-0.2, -0.15) is 9.78 Å². The summed E-state index contributed by atoms with van der Waals surface area (Å²) in [7, 11) is -3.41. The maximum atomic E-state index is 13.4. The smallest absolute Gasteiger partial charge is 0.272 e. The van der Waals surface area contributed by atoms with Crippen LogP contribution in [0.4, 0.5) is 10.1 Å². The van der Waals surface area contributed by atoms with Gasteiger partial charge in [0.15, 0.2) is 0 Å². The molecule has 0 aliphatic rings. The molecule has 0 unspecified atom stereocenters. The maximum Gasteiger partial charge on any atom is 0.272 e. The van der Waals surface area contributed by atoms with Gasteiger partial charge in [0, 0.05) is 17.3 Å². The zero-order valence-electron chi connectivity index (χ0n) is 15.1. The Morgan fingerprint density at radius 3 is 2.61 bits per heavy atom. The SMILES string of the molecule is CCS(=O)(=O)Nc1cccc(-c2cc(=O)n(-c3ccc(F)c(Cl)c3)nc2C)c1. The number of hydrogen-bond acceptors (Lipinski definition) is 4. The fraction of sp³-hybridized carbons (Fsp3) is 0.158. The molecule has 0 saturated heterocycles.